The van der Waals surface area contributed by atoms with Gasteiger partial charge in [-0.1, -0.05) is 48.5 Å². The Morgan fingerprint density at radius 2 is 1.57 bits per heavy atom. The van der Waals surface area contributed by atoms with Crippen LogP contribution in [-0.4, -0.2) is 42.8 Å². The number of nitrogens with zero attached hydrogens (tertiary/aromatic N) is 1. The van der Waals surface area contributed by atoms with Crippen LogP contribution in [0, 0.1) is 0 Å². The lowest BCUT2D eigenvalue weighted by atomic mass is 9.96. The number of carbonyl (C=O) groups excluding carboxylic acids is 3. The summed E-state index contributed by atoms with van der Waals surface area (Å²) in [5.74, 6) is -2.66. The van der Waals surface area contributed by atoms with Crippen LogP contribution < -0.4 is 5.32 Å². The lowest BCUT2D eigenvalue weighted by Gasteiger charge is -2.33. The van der Waals surface area contributed by atoms with Crippen LogP contribution in [0.2, 0.25) is 0 Å². The van der Waals surface area contributed by atoms with Crippen molar-refractivity contribution in [2.75, 3.05) is 11.9 Å². The lowest BCUT2D eigenvalue weighted by molar-refractivity contribution is -0.137. The van der Waals surface area contributed by atoms with Gasteiger partial charge in [0.1, 0.15) is 0 Å². The maximum Gasteiger partial charge on any atom is 0.416 e. The smallest absolute Gasteiger partial charge is 0.325 e. The van der Waals surface area contributed by atoms with Gasteiger partial charge in [-0.2, -0.15) is 17.5 Å². The van der Waals surface area contributed by atoms with Crippen molar-refractivity contribution in [3.8, 4) is 0 Å². The zero-order valence-electron chi connectivity index (χ0n) is 17.8. The van der Waals surface area contributed by atoms with Crippen molar-refractivity contribution in [3.63, 3.8) is 0 Å². The highest BCUT2D eigenvalue weighted by Crippen LogP contribution is 2.32. The van der Waals surface area contributed by atoms with E-state index in [-0.39, 0.29) is 21.7 Å². The van der Waals surface area contributed by atoms with E-state index >= 15 is 0 Å². The molecule has 1 aliphatic heterocycles. The summed E-state index contributed by atoms with van der Waals surface area (Å²) in [6, 6.07) is 14.7. The molecule has 3 aromatic rings. The highest BCUT2D eigenvalue weighted by molar-refractivity contribution is 7.89. The first kappa shape index (κ1) is 24.3. The van der Waals surface area contributed by atoms with Crippen molar-refractivity contribution in [3.05, 3.63) is 95.6 Å². The summed E-state index contributed by atoms with van der Waals surface area (Å²) in [6.07, 6.45) is -4.65. The molecule has 0 aliphatic carbocycles. The molecule has 0 spiro atoms. The molecule has 4 rings (SSSR count). The molecular weight excluding hydrogens is 485 g/mol. The molecule has 0 fully saturated rings. The van der Waals surface area contributed by atoms with E-state index in [0.29, 0.717) is 10.4 Å². The van der Waals surface area contributed by atoms with Gasteiger partial charge in [-0.3, -0.25) is 14.4 Å². The number of benzene rings is 3. The molecule has 11 heteroatoms. The number of ketones is 2. The molecule has 1 aliphatic rings. The monoisotopic (exact) mass is 502 g/mol. The first-order valence-electron chi connectivity index (χ1n) is 10.2. The van der Waals surface area contributed by atoms with Gasteiger partial charge in [0.15, 0.2) is 17.6 Å². The molecule has 1 amide bonds. The maximum absolute atomic E-state index is 13.4. The minimum absolute atomic E-state index is 0.0590. The van der Waals surface area contributed by atoms with Crippen molar-refractivity contribution in [1.29, 1.82) is 0 Å². The molecule has 0 aromatic heterocycles. The van der Waals surface area contributed by atoms with E-state index in [1.165, 1.54) is 54.6 Å². The van der Waals surface area contributed by atoms with E-state index in [0.717, 1.165) is 12.1 Å². The average molecular weight is 502 g/mol. The number of hydrogen-bond acceptors (Lipinski definition) is 5. The van der Waals surface area contributed by atoms with Gasteiger partial charge in [0.05, 0.1) is 17.0 Å². The van der Waals surface area contributed by atoms with Gasteiger partial charge in [0.25, 0.3) is 0 Å². The summed E-state index contributed by atoms with van der Waals surface area (Å²) in [6.45, 7) is -0.970. The Bertz CT molecular complexity index is 1420. The number of rotatable bonds is 5. The number of Topliss-reactive ketones (excluding diaryl/α,β-unsaturated/α-hetero) is 2. The molecule has 180 valence electrons. The topological polar surface area (TPSA) is 101 Å². The Morgan fingerprint density at radius 1 is 0.914 bits per heavy atom. The zero-order chi connectivity index (χ0) is 25.4. The Hall–Kier alpha value is -3.83. The van der Waals surface area contributed by atoms with Crippen LogP contribution in [-0.2, 0) is 21.0 Å². The second-order valence-corrected chi connectivity index (χ2v) is 9.53. The minimum Gasteiger partial charge on any atom is -0.325 e. The minimum atomic E-state index is -4.65. The van der Waals surface area contributed by atoms with Crippen molar-refractivity contribution >= 4 is 33.2 Å². The van der Waals surface area contributed by atoms with Gasteiger partial charge in [0, 0.05) is 16.8 Å². The molecule has 7 nitrogen and oxygen atoms in total. The fourth-order valence-electron chi connectivity index (χ4n) is 3.74. The highest BCUT2D eigenvalue weighted by atomic mass is 32.2. The van der Waals surface area contributed by atoms with Crippen LogP contribution in [0.3, 0.4) is 0 Å². The summed E-state index contributed by atoms with van der Waals surface area (Å²) in [4.78, 5) is 38.8. The van der Waals surface area contributed by atoms with Gasteiger partial charge in [0.2, 0.25) is 15.9 Å². The number of sulfonamides is 1. The van der Waals surface area contributed by atoms with E-state index in [9.17, 15) is 36.0 Å². The third-order valence-corrected chi connectivity index (χ3v) is 7.22. The first-order valence-corrected chi connectivity index (χ1v) is 11.7. The molecule has 0 saturated heterocycles. The van der Waals surface area contributed by atoms with E-state index in [2.05, 4.69) is 5.32 Å². The molecule has 1 heterocycles. The zero-order valence-corrected chi connectivity index (χ0v) is 18.6. The molecule has 1 N–H and O–H groups in total. The summed E-state index contributed by atoms with van der Waals surface area (Å²) >= 11 is 0. The number of carbonyl (C=O) groups is 3. The van der Waals surface area contributed by atoms with Crippen LogP contribution in [0.1, 0.15) is 26.3 Å². The molecule has 1 atom stereocenters. The first-order chi connectivity index (χ1) is 16.5. The van der Waals surface area contributed by atoms with Gasteiger partial charge in [-0.15, -0.1) is 0 Å². The molecule has 35 heavy (non-hydrogen) atoms. The highest BCUT2D eigenvalue weighted by Gasteiger charge is 2.48. The van der Waals surface area contributed by atoms with E-state index < -0.39 is 51.8 Å². The van der Waals surface area contributed by atoms with E-state index in [4.69, 9.17) is 0 Å². The van der Waals surface area contributed by atoms with Crippen molar-refractivity contribution in [2.24, 2.45) is 0 Å². The van der Waals surface area contributed by atoms with Crippen LogP contribution in [0.25, 0.3) is 0 Å². The van der Waals surface area contributed by atoms with Crippen molar-refractivity contribution in [2.45, 2.75) is 17.1 Å². The number of anilines is 1. The van der Waals surface area contributed by atoms with Crippen LogP contribution in [0.4, 0.5) is 18.9 Å². The number of nitrogens with one attached hydrogen (secondary N) is 1. The Kier molecular flexibility index (Phi) is 6.30. The number of halogens is 3. The molecule has 1 unspecified atom stereocenters. The van der Waals surface area contributed by atoms with Crippen LogP contribution >= 0.6 is 0 Å². The number of fused-ring (bicyclic) bond motifs is 1. The molecule has 0 radical (unpaired) electrons. The van der Waals surface area contributed by atoms with E-state index in [1.54, 1.807) is 6.07 Å². The molecular formula is C24H17F3N2O5S. The Labute approximate surface area is 198 Å². The second-order valence-electron chi connectivity index (χ2n) is 7.67. The third kappa shape index (κ3) is 4.73. The van der Waals surface area contributed by atoms with Gasteiger partial charge in [-0.05, 0) is 30.3 Å². The summed E-state index contributed by atoms with van der Waals surface area (Å²) < 4.78 is 66.2. The number of amides is 1. The normalized spacial score (nSPS) is 17.5. The van der Waals surface area contributed by atoms with Gasteiger partial charge < -0.3 is 5.32 Å². The fraction of sp³-hybridized carbons (Fsp3) is 0.125. The SMILES string of the molecule is O=C(CN1C(C(=O)c2ccccc2)C(=O)c2ccccc2S1(=O)=O)Nc1cccc(C(F)(F)F)c1. The summed E-state index contributed by atoms with van der Waals surface area (Å²) in [5, 5.41) is 2.21. The largest absolute Gasteiger partial charge is 0.416 e. The van der Waals surface area contributed by atoms with Gasteiger partial charge in [-0.25, -0.2) is 8.42 Å². The van der Waals surface area contributed by atoms with Crippen molar-refractivity contribution in [1.82, 2.24) is 4.31 Å². The molecule has 3 aromatic carbocycles. The second kappa shape index (κ2) is 9.08. The average Bonchev–Trinajstić information content (AvgIpc) is 2.83. The summed E-state index contributed by atoms with van der Waals surface area (Å²) in [7, 11) is -4.49. The third-order valence-electron chi connectivity index (χ3n) is 5.36. The molecule has 0 bridgehead atoms. The Balaban J connectivity index is 1.71. The van der Waals surface area contributed by atoms with Crippen LogP contribution in [0.5, 0.6) is 0 Å². The standard InChI is InChI=1S/C24H17F3N2O5S/c25-24(26,27)16-9-6-10-17(13-16)28-20(30)14-29-21(22(31)15-7-2-1-3-8-15)23(32)18-11-4-5-12-19(18)35(29,33)34/h1-13,21H,14H2,(H,28,30). The maximum atomic E-state index is 13.4. The lowest BCUT2D eigenvalue weighted by Crippen LogP contribution is -2.55. The predicted octanol–water partition coefficient (Wildman–Crippen LogP) is 3.78. The van der Waals surface area contributed by atoms with Crippen LogP contribution in [0.15, 0.2) is 83.8 Å². The quantitative estimate of drug-likeness (QED) is 0.423. The number of hydrogen-bond donors (Lipinski definition) is 1. The Morgan fingerprint density at radius 3 is 2.26 bits per heavy atom. The number of alkyl halides is 3. The van der Waals surface area contributed by atoms with Gasteiger partial charge >= 0.3 is 6.18 Å². The predicted molar refractivity (Wildman–Crippen MR) is 119 cm³/mol. The van der Waals surface area contributed by atoms with Crippen molar-refractivity contribution < 1.29 is 36.0 Å². The van der Waals surface area contributed by atoms with E-state index in [1.807, 2.05) is 0 Å². The fourth-order valence-corrected chi connectivity index (χ4v) is 5.45. The summed E-state index contributed by atoms with van der Waals surface area (Å²) in [5.41, 5.74) is -1.36. The molecule has 0 saturated carbocycles.